The Kier molecular flexibility index (Phi) is 7.97. The van der Waals surface area contributed by atoms with Gasteiger partial charge < -0.3 is 10.1 Å². The maximum atomic E-state index is 12.6. The molecule has 0 heterocycles. The Bertz CT molecular complexity index is 1390. The van der Waals surface area contributed by atoms with E-state index in [-0.39, 0.29) is 28.3 Å². The number of hydrogen-bond donors (Lipinski definition) is 2. The number of rotatable bonds is 6. The molecule has 13 heteroatoms. The topological polar surface area (TPSA) is 140 Å². The summed E-state index contributed by atoms with van der Waals surface area (Å²) in [6.07, 6.45) is -4.55. The number of carbonyl (C=O) groups excluding carboxylic acids is 3. The number of nitro groups is 1. The number of amides is 2. The molecule has 0 fully saturated rings. The molecule has 0 saturated heterocycles. The summed E-state index contributed by atoms with van der Waals surface area (Å²) in [5.74, 6) is -3.41. The van der Waals surface area contributed by atoms with Gasteiger partial charge in [0.05, 0.1) is 16.2 Å². The van der Waals surface area contributed by atoms with Crippen LogP contribution in [0.15, 0.2) is 77.9 Å². The molecule has 3 aromatic carbocycles. The van der Waals surface area contributed by atoms with Crippen molar-refractivity contribution in [3.63, 3.8) is 0 Å². The van der Waals surface area contributed by atoms with E-state index in [1.807, 2.05) is 5.43 Å². The minimum absolute atomic E-state index is 0.0182. The highest BCUT2D eigenvalue weighted by Crippen LogP contribution is 2.30. The smallest absolute Gasteiger partial charge is 0.416 e. The molecule has 0 bridgehead atoms. The number of nitro benzene ring substituents is 1. The summed E-state index contributed by atoms with van der Waals surface area (Å²) in [4.78, 5) is 47.2. The zero-order valence-electron chi connectivity index (χ0n) is 18.9. The van der Waals surface area contributed by atoms with Gasteiger partial charge in [-0.15, -0.1) is 0 Å². The number of hydrogen-bond acceptors (Lipinski definition) is 7. The first-order valence-corrected chi connectivity index (χ1v) is 10.3. The van der Waals surface area contributed by atoms with Crippen LogP contribution in [-0.4, -0.2) is 28.4 Å². The quantitative estimate of drug-likeness (QED) is 0.125. The highest BCUT2D eigenvalue weighted by molar-refractivity contribution is 6.39. The first-order valence-electron chi connectivity index (χ1n) is 10.3. The van der Waals surface area contributed by atoms with Crippen molar-refractivity contribution < 1.29 is 37.2 Å². The van der Waals surface area contributed by atoms with Gasteiger partial charge in [-0.25, -0.2) is 10.2 Å². The second-order valence-corrected chi connectivity index (χ2v) is 7.33. The van der Waals surface area contributed by atoms with Crippen molar-refractivity contribution >= 4 is 34.9 Å². The Labute approximate surface area is 206 Å². The summed E-state index contributed by atoms with van der Waals surface area (Å²) in [5, 5.41) is 17.1. The maximum Gasteiger partial charge on any atom is 0.416 e. The lowest BCUT2D eigenvalue weighted by atomic mass is 10.1. The van der Waals surface area contributed by atoms with Gasteiger partial charge in [0.15, 0.2) is 0 Å². The summed E-state index contributed by atoms with van der Waals surface area (Å²) in [6, 6.07) is 14.7. The van der Waals surface area contributed by atoms with Crippen molar-refractivity contribution in [2.45, 2.75) is 13.1 Å². The molecule has 3 rings (SSSR count). The molecule has 0 atom stereocenters. The Morgan fingerprint density at radius 3 is 2.11 bits per heavy atom. The number of halogens is 3. The Hall–Kier alpha value is -5.07. The maximum absolute atomic E-state index is 12.6. The van der Waals surface area contributed by atoms with Crippen molar-refractivity contribution in [3.05, 3.63) is 99.6 Å². The predicted molar refractivity (Wildman–Crippen MR) is 125 cm³/mol. The number of anilines is 1. The van der Waals surface area contributed by atoms with Crippen LogP contribution in [0.2, 0.25) is 0 Å². The van der Waals surface area contributed by atoms with Gasteiger partial charge in [0.25, 0.3) is 5.69 Å². The number of benzene rings is 3. The van der Waals surface area contributed by atoms with Gasteiger partial charge in [-0.3, -0.25) is 19.7 Å². The van der Waals surface area contributed by atoms with E-state index < -0.39 is 40.1 Å². The number of ether oxygens (including phenoxy) is 1. The van der Waals surface area contributed by atoms with E-state index in [1.165, 1.54) is 43.3 Å². The summed E-state index contributed by atoms with van der Waals surface area (Å²) >= 11 is 0. The third-order valence-corrected chi connectivity index (χ3v) is 4.80. The van der Waals surface area contributed by atoms with Gasteiger partial charge in [-0.05, 0) is 49.4 Å². The first kappa shape index (κ1) is 26.5. The number of esters is 1. The number of nitrogens with one attached hydrogen (secondary N) is 2. The van der Waals surface area contributed by atoms with Gasteiger partial charge in [-0.1, -0.05) is 24.3 Å². The summed E-state index contributed by atoms with van der Waals surface area (Å²) in [7, 11) is 0. The van der Waals surface area contributed by atoms with Gasteiger partial charge >= 0.3 is 24.0 Å². The SMILES string of the molecule is C/C(=N\NC(=O)C(=O)Nc1ccc(C(F)(F)F)cc1)c1ccccc1OC(=O)c1ccccc1[N+](=O)[O-]. The summed E-state index contributed by atoms with van der Waals surface area (Å²) in [5.41, 5.74) is 0.670. The Morgan fingerprint density at radius 2 is 1.49 bits per heavy atom. The fourth-order valence-electron chi connectivity index (χ4n) is 2.99. The van der Waals surface area contributed by atoms with Crippen LogP contribution in [0.25, 0.3) is 0 Å². The molecule has 0 aromatic heterocycles. The molecular formula is C24H17F3N4O6. The van der Waals surface area contributed by atoms with Crippen LogP contribution < -0.4 is 15.5 Å². The lowest BCUT2D eigenvalue weighted by Gasteiger charge is -2.10. The number of alkyl halides is 3. The second-order valence-electron chi connectivity index (χ2n) is 7.33. The molecule has 0 saturated carbocycles. The normalized spacial score (nSPS) is 11.4. The van der Waals surface area contributed by atoms with Crippen molar-refractivity contribution in [2.75, 3.05) is 5.32 Å². The van der Waals surface area contributed by atoms with Crippen molar-refractivity contribution in [2.24, 2.45) is 5.10 Å². The predicted octanol–water partition coefficient (Wildman–Crippen LogP) is 4.31. The fourth-order valence-corrected chi connectivity index (χ4v) is 2.99. The Balaban J connectivity index is 1.69. The molecule has 0 radical (unpaired) electrons. The number of para-hydroxylation sites is 2. The molecule has 190 valence electrons. The average Bonchev–Trinajstić information content (AvgIpc) is 2.87. The minimum atomic E-state index is -4.55. The van der Waals surface area contributed by atoms with Crippen molar-refractivity contribution in [1.29, 1.82) is 0 Å². The zero-order valence-corrected chi connectivity index (χ0v) is 18.9. The van der Waals surface area contributed by atoms with Crippen LogP contribution in [0.5, 0.6) is 5.75 Å². The number of hydrazone groups is 1. The molecule has 3 aromatic rings. The Morgan fingerprint density at radius 1 is 0.892 bits per heavy atom. The van der Waals surface area contributed by atoms with Crippen LogP contribution in [-0.2, 0) is 15.8 Å². The zero-order chi connectivity index (χ0) is 27.2. The third-order valence-electron chi connectivity index (χ3n) is 4.80. The van der Waals surface area contributed by atoms with Crippen LogP contribution in [0, 0.1) is 10.1 Å². The largest absolute Gasteiger partial charge is 0.422 e. The lowest BCUT2D eigenvalue weighted by molar-refractivity contribution is -0.385. The average molecular weight is 514 g/mol. The first-order chi connectivity index (χ1) is 17.5. The van der Waals surface area contributed by atoms with E-state index >= 15 is 0 Å². The van der Waals surface area contributed by atoms with Crippen molar-refractivity contribution in [3.8, 4) is 5.75 Å². The molecule has 0 aliphatic carbocycles. The van der Waals surface area contributed by atoms with Crippen LogP contribution in [0.4, 0.5) is 24.5 Å². The van der Waals surface area contributed by atoms with Gasteiger partial charge in [0.2, 0.25) is 0 Å². The van der Waals surface area contributed by atoms with Gasteiger partial charge in [0.1, 0.15) is 11.3 Å². The van der Waals surface area contributed by atoms with Gasteiger partial charge in [0, 0.05) is 17.3 Å². The van der Waals surface area contributed by atoms with E-state index in [9.17, 15) is 37.7 Å². The van der Waals surface area contributed by atoms with E-state index in [1.54, 1.807) is 6.07 Å². The molecule has 10 nitrogen and oxygen atoms in total. The number of nitrogens with zero attached hydrogens (tertiary/aromatic N) is 2. The van der Waals surface area contributed by atoms with E-state index in [0.717, 1.165) is 30.3 Å². The molecule has 0 unspecified atom stereocenters. The molecule has 37 heavy (non-hydrogen) atoms. The van der Waals surface area contributed by atoms with Gasteiger partial charge in [-0.2, -0.15) is 18.3 Å². The standard InChI is InChI=1S/C24H17F3N4O6/c1-14(29-30-22(33)21(32)28-16-12-10-15(11-13-16)24(25,26)27)17-6-3-5-9-20(17)37-23(34)18-7-2-4-8-19(18)31(35)36/h2-13H,1H3,(H,28,32)(H,30,33)/b29-14+. The molecular weight excluding hydrogens is 497 g/mol. The molecule has 0 aliphatic heterocycles. The molecule has 0 aliphatic rings. The third kappa shape index (κ3) is 6.75. The van der Waals surface area contributed by atoms with Crippen molar-refractivity contribution in [1.82, 2.24) is 5.43 Å². The lowest BCUT2D eigenvalue weighted by Crippen LogP contribution is -2.33. The summed E-state index contributed by atoms with van der Waals surface area (Å²) < 4.78 is 43.2. The highest BCUT2D eigenvalue weighted by Gasteiger charge is 2.30. The van der Waals surface area contributed by atoms with Crippen LogP contribution in [0.3, 0.4) is 0 Å². The van der Waals surface area contributed by atoms with Crippen LogP contribution >= 0.6 is 0 Å². The fraction of sp³-hybridized carbons (Fsp3) is 0.0833. The van der Waals surface area contributed by atoms with Crippen LogP contribution in [0.1, 0.15) is 28.4 Å². The highest BCUT2D eigenvalue weighted by atomic mass is 19.4. The summed E-state index contributed by atoms with van der Waals surface area (Å²) in [6.45, 7) is 1.44. The number of carbonyl (C=O) groups is 3. The molecule has 0 spiro atoms. The molecule has 2 N–H and O–H groups in total. The van der Waals surface area contributed by atoms with E-state index in [2.05, 4.69) is 10.4 Å². The van der Waals surface area contributed by atoms with E-state index in [0.29, 0.717) is 0 Å². The monoisotopic (exact) mass is 514 g/mol. The minimum Gasteiger partial charge on any atom is -0.422 e. The molecule has 2 amide bonds. The van der Waals surface area contributed by atoms with E-state index in [4.69, 9.17) is 4.74 Å². The second kappa shape index (κ2) is 11.1.